The van der Waals surface area contributed by atoms with Gasteiger partial charge in [0, 0.05) is 55.5 Å². The van der Waals surface area contributed by atoms with Gasteiger partial charge in [0.25, 0.3) is 5.91 Å². The van der Waals surface area contributed by atoms with E-state index < -0.39 is 34.9 Å². The van der Waals surface area contributed by atoms with E-state index in [0.717, 1.165) is 29.3 Å². The Bertz CT molecular complexity index is 3290. The van der Waals surface area contributed by atoms with Crippen LogP contribution < -0.4 is 11.4 Å². The maximum absolute atomic E-state index is 16.1. The Morgan fingerprint density at radius 2 is 1.75 bits per heavy atom. The highest BCUT2D eigenvalue weighted by molar-refractivity contribution is 6.00. The van der Waals surface area contributed by atoms with Crippen LogP contribution in [0.15, 0.2) is 93.4 Å². The molecule has 1 N–H and O–H groups in total. The Morgan fingerprint density at radius 1 is 0.984 bits per heavy atom. The van der Waals surface area contributed by atoms with E-state index in [1.165, 1.54) is 39.2 Å². The van der Waals surface area contributed by atoms with Gasteiger partial charge >= 0.3 is 11.4 Å². The van der Waals surface area contributed by atoms with Gasteiger partial charge in [-0.05, 0) is 113 Å². The summed E-state index contributed by atoms with van der Waals surface area (Å²) >= 11 is 0. The van der Waals surface area contributed by atoms with Crippen LogP contribution in [0.3, 0.4) is 0 Å². The number of carbonyl (C=O) groups is 1. The fourth-order valence-electron chi connectivity index (χ4n) is 10.3. The third kappa shape index (κ3) is 6.14. The van der Waals surface area contributed by atoms with Crippen molar-refractivity contribution >= 4 is 27.7 Å². The van der Waals surface area contributed by atoms with Crippen molar-refractivity contribution in [3.8, 4) is 11.5 Å². The molecule has 1 amide bonds. The fraction of sp³-hybridized carbons (Fsp3) is 0.362. The van der Waals surface area contributed by atoms with E-state index in [1.54, 1.807) is 51.8 Å². The van der Waals surface area contributed by atoms with Gasteiger partial charge in [0.1, 0.15) is 22.9 Å². The molecule has 3 aliphatic rings. The van der Waals surface area contributed by atoms with Gasteiger partial charge < -0.3 is 14.2 Å². The quantitative estimate of drug-likeness (QED) is 0.168. The molecule has 7 heterocycles. The van der Waals surface area contributed by atoms with Crippen LogP contribution in [0, 0.1) is 11.6 Å². The number of aromatic amines is 1. The number of halogens is 2. The summed E-state index contributed by atoms with van der Waals surface area (Å²) in [4.78, 5) is 47.0. The molecule has 3 atom stereocenters. The van der Waals surface area contributed by atoms with Crippen molar-refractivity contribution in [3.05, 3.63) is 146 Å². The summed E-state index contributed by atoms with van der Waals surface area (Å²) in [6.45, 7) is 9.04. The van der Waals surface area contributed by atoms with Crippen LogP contribution in [-0.4, -0.2) is 73.0 Å². The second kappa shape index (κ2) is 14.3. The summed E-state index contributed by atoms with van der Waals surface area (Å²) in [7, 11) is 1.72. The van der Waals surface area contributed by atoms with Crippen molar-refractivity contribution in [2.75, 3.05) is 13.2 Å². The van der Waals surface area contributed by atoms with E-state index in [-0.39, 0.29) is 34.3 Å². The zero-order valence-electron chi connectivity index (χ0n) is 36.0. The van der Waals surface area contributed by atoms with E-state index in [2.05, 4.69) is 47.3 Å². The normalized spacial score (nSPS) is 19.6. The lowest BCUT2D eigenvalue weighted by Crippen LogP contribution is -2.41. The average Bonchev–Trinajstić information content (AvgIpc) is 3.73. The van der Waals surface area contributed by atoms with Crippen molar-refractivity contribution in [2.24, 2.45) is 7.05 Å². The Kier molecular flexibility index (Phi) is 8.93. The van der Waals surface area contributed by atoms with Gasteiger partial charge in [-0.1, -0.05) is 23.4 Å². The smallest absolute Gasteiger partial charge is 0.376 e. The Morgan fingerprint density at radius 3 is 2.48 bits per heavy atom. The molecule has 0 radical (unpaired) electrons. The monoisotopic (exact) mass is 868 g/mol. The molecule has 3 aromatic carbocycles. The van der Waals surface area contributed by atoms with Crippen LogP contribution in [0.1, 0.15) is 110 Å². The molecule has 1 aliphatic carbocycles. The number of aromatic nitrogens is 9. The van der Waals surface area contributed by atoms with Crippen molar-refractivity contribution in [1.29, 1.82) is 0 Å². The largest absolute Gasteiger partial charge is 0.438 e. The van der Waals surface area contributed by atoms with Gasteiger partial charge in [-0.2, -0.15) is 10.2 Å². The summed E-state index contributed by atoms with van der Waals surface area (Å²) < 4.78 is 49.3. The number of imidazole rings is 1. The Hall–Kier alpha value is -6.88. The van der Waals surface area contributed by atoms with E-state index in [9.17, 15) is 14.0 Å². The van der Waals surface area contributed by atoms with Crippen LogP contribution in [0.2, 0.25) is 0 Å². The highest BCUT2D eigenvalue weighted by Gasteiger charge is 2.52. The fourth-order valence-corrected chi connectivity index (χ4v) is 10.3. The van der Waals surface area contributed by atoms with Crippen LogP contribution in [-0.2, 0) is 23.7 Å². The number of benzene rings is 3. The Labute approximate surface area is 364 Å². The molecular formula is C47H46F2N10O5. The standard InChI is InChI=1S/C47H46F2N10O5/c1-26(28-6-9-32(48)10-7-28)59-41(57-20-19-56(45(57)62)37-13-12-36-33(40(37)49)25-50-54(36)5)39-27(2)55(18-14-34(39)52-59)42(60)38-23-31-22-29(30-15-21-63-46(3,4)24-30)8-11-35(31)58(38)47(16-17-47)43-51-44(61)64-53-43/h6-13,19-20,22-23,25-27,30H,14-18,21,24H2,1-5H3,(H,51,53,61)/t26-,27+,30+/m1/s1. The zero-order valence-corrected chi connectivity index (χ0v) is 36.0. The number of hydrogen-bond donors (Lipinski definition) is 1. The number of carbonyl (C=O) groups excluding carboxylic acids is 1. The lowest BCUT2D eigenvalue weighted by Gasteiger charge is -2.35. The van der Waals surface area contributed by atoms with Crippen molar-refractivity contribution in [3.63, 3.8) is 0 Å². The lowest BCUT2D eigenvalue weighted by atomic mass is 9.83. The molecule has 5 aromatic heterocycles. The van der Waals surface area contributed by atoms with Crippen molar-refractivity contribution in [1.82, 2.24) is 48.3 Å². The van der Waals surface area contributed by atoms with Crippen molar-refractivity contribution < 1.29 is 22.8 Å². The SMILES string of the molecule is C[C@H](c1ccc(F)cc1)n1nc2c(c1-n1ccn(-c3ccc4c(cnn4C)c3F)c1=O)[C@H](C)N(C(=O)c1cc3cc([C@H]4CCOC(C)(C)C4)ccc3n1C1(c3noc(=O)[nH]3)CC1)CC2. The van der Waals surface area contributed by atoms with Crippen LogP contribution >= 0.6 is 0 Å². The number of rotatable bonds is 8. The third-order valence-electron chi connectivity index (χ3n) is 13.8. The van der Waals surface area contributed by atoms with Gasteiger partial charge in [-0.25, -0.2) is 23.1 Å². The topological polar surface area (TPSA) is 156 Å². The van der Waals surface area contributed by atoms with E-state index in [1.807, 2.05) is 24.5 Å². The molecule has 0 spiro atoms. The van der Waals surface area contributed by atoms with Gasteiger partial charge in [0.15, 0.2) is 11.6 Å². The highest BCUT2D eigenvalue weighted by Crippen LogP contribution is 2.51. The molecule has 11 rings (SSSR count). The Balaban J connectivity index is 1.04. The summed E-state index contributed by atoms with van der Waals surface area (Å²) in [6, 6.07) is 16.6. The van der Waals surface area contributed by atoms with E-state index in [4.69, 9.17) is 14.4 Å². The molecule has 2 fully saturated rings. The first-order valence-electron chi connectivity index (χ1n) is 21.7. The number of nitrogens with zero attached hydrogens (tertiary/aromatic N) is 9. The second-order valence-corrected chi connectivity index (χ2v) is 18.2. The summed E-state index contributed by atoms with van der Waals surface area (Å²) in [5.41, 5.74) is 3.55. The maximum Gasteiger partial charge on any atom is 0.438 e. The molecular weight excluding hydrogens is 823 g/mol. The number of H-pyrrole nitrogens is 1. The van der Waals surface area contributed by atoms with Gasteiger partial charge in [0.05, 0.1) is 46.2 Å². The highest BCUT2D eigenvalue weighted by atomic mass is 19.1. The molecule has 0 unspecified atom stereocenters. The molecule has 8 aromatic rings. The molecule has 0 bridgehead atoms. The zero-order chi connectivity index (χ0) is 44.4. The first-order chi connectivity index (χ1) is 30.7. The van der Waals surface area contributed by atoms with E-state index in [0.29, 0.717) is 66.5 Å². The van der Waals surface area contributed by atoms with Gasteiger partial charge in [-0.3, -0.25) is 28.1 Å². The summed E-state index contributed by atoms with van der Waals surface area (Å²) in [6.07, 6.45) is 7.90. The predicted octanol–water partition coefficient (Wildman–Crippen LogP) is 7.20. The first kappa shape index (κ1) is 39.9. The molecule has 1 saturated heterocycles. The lowest BCUT2D eigenvalue weighted by molar-refractivity contribution is -0.0592. The minimum absolute atomic E-state index is 0.0552. The predicted molar refractivity (Wildman–Crippen MR) is 232 cm³/mol. The second-order valence-electron chi connectivity index (χ2n) is 18.2. The molecule has 328 valence electrons. The number of amides is 1. The van der Waals surface area contributed by atoms with Gasteiger partial charge in [0.2, 0.25) is 0 Å². The first-order valence-corrected chi connectivity index (χ1v) is 21.7. The van der Waals surface area contributed by atoms with Crippen LogP contribution in [0.5, 0.6) is 0 Å². The number of nitrogens with one attached hydrogen (secondary N) is 1. The molecule has 17 heteroatoms. The number of fused-ring (bicyclic) bond motifs is 3. The molecule has 64 heavy (non-hydrogen) atoms. The number of hydrogen-bond acceptors (Lipinski definition) is 8. The van der Waals surface area contributed by atoms with Crippen LogP contribution in [0.25, 0.3) is 33.3 Å². The van der Waals surface area contributed by atoms with E-state index >= 15 is 9.18 Å². The minimum Gasteiger partial charge on any atom is -0.376 e. The number of ether oxygens (including phenoxy) is 1. The number of aryl methyl sites for hydroxylation is 1. The minimum atomic E-state index is -0.809. The summed E-state index contributed by atoms with van der Waals surface area (Å²) in [5.74, 6) is -0.852. The third-order valence-corrected chi connectivity index (χ3v) is 13.8. The molecule has 15 nitrogen and oxygen atoms in total. The molecule has 2 aliphatic heterocycles. The summed E-state index contributed by atoms with van der Waals surface area (Å²) in [5, 5.41) is 14.6. The van der Waals surface area contributed by atoms with Crippen molar-refractivity contribution in [2.45, 2.75) is 88.9 Å². The molecule has 1 saturated carbocycles. The maximum atomic E-state index is 16.1. The van der Waals surface area contributed by atoms with Crippen LogP contribution in [0.4, 0.5) is 8.78 Å². The average molecular weight is 869 g/mol. The van der Waals surface area contributed by atoms with Gasteiger partial charge in [-0.15, -0.1) is 0 Å².